The van der Waals surface area contributed by atoms with Crippen molar-refractivity contribution in [1.82, 2.24) is 4.90 Å². The van der Waals surface area contributed by atoms with Crippen LogP contribution in [0.15, 0.2) is 65.6 Å². The molecule has 3 aromatic carbocycles. The molecule has 1 fully saturated rings. The summed E-state index contributed by atoms with van der Waals surface area (Å²) in [6.07, 6.45) is 0. The molecule has 0 atom stereocenters. The lowest BCUT2D eigenvalue weighted by Gasteiger charge is -2.37. The summed E-state index contributed by atoms with van der Waals surface area (Å²) in [6.45, 7) is 10.7. The molecule has 1 N–H and O–H groups in total. The van der Waals surface area contributed by atoms with Crippen LogP contribution in [-0.2, 0) is 14.8 Å². The minimum absolute atomic E-state index is 0.0797. The van der Waals surface area contributed by atoms with Gasteiger partial charge in [0.2, 0.25) is 0 Å². The molecule has 0 aromatic heterocycles. The Labute approximate surface area is 213 Å². The number of rotatable bonds is 7. The summed E-state index contributed by atoms with van der Waals surface area (Å²) < 4.78 is 33.9. The lowest BCUT2D eigenvalue weighted by atomic mass is 10.1. The topological polar surface area (TPSA) is 78.9 Å². The predicted octanol–water partition coefficient (Wildman–Crippen LogP) is 4.45. The van der Waals surface area contributed by atoms with Gasteiger partial charge in [0.05, 0.1) is 10.6 Å². The van der Waals surface area contributed by atoms with Crippen LogP contribution in [0.5, 0.6) is 5.75 Å². The summed E-state index contributed by atoms with van der Waals surface area (Å²) in [5, 5.41) is 0. The predicted molar refractivity (Wildman–Crippen MR) is 143 cm³/mol. The van der Waals surface area contributed by atoms with Gasteiger partial charge in [0.15, 0.2) is 6.61 Å². The van der Waals surface area contributed by atoms with E-state index in [1.54, 1.807) is 18.2 Å². The molecule has 1 saturated heterocycles. The van der Waals surface area contributed by atoms with Crippen molar-refractivity contribution < 1.29 is 17.9 Å². The van der Waals surface area contributed by atoms with Gasteiger partial charge >= 0.3 is 0 Å². The first kappa shape index (κ1) is 25.6. The standard InChI is InChI=1S/C28H33N3O4S/c1-20-8-9-22(3)26(18-20)29-36(33,34)25-12-10-24(11-13-25)35-19-28(32)31-16-14-30(15-17-31)27-7-5-6-21(2)23(27)4/h5-13,18,29H,14-17,19H2,1-4H3. The molecule has 7 nitrogen and oxygen atoms in total. The first-order chi connectivity index (χ1) is 17.1. The second-order valence-electron chi connectivity index (χ2n) is 9.27. The number of benzene rings is 3. The van der Waals surface area contributed by atoms with Crippen LogP contribution >= 0.6 is 0 Å². The minimum Gasteiger partial charge on any atom is -0.484 e. The van der Waals surface area contributed by atoms with E-state index in [2.05, 4.69) is 41.7 Å². The fourth-order valence-electron chi connectivity index (χ4n) is 4.28. The van der Waals surface area contributed by atoms with Gasteiger partial charge in [0, 0.05) is 31.9 Å². The number of nitrogens with zero attached hydrogens (tertiary/aromatic N) is 2. The minimum atomic E-state index is -3.74. The summed E-state index contributed by atoms with van der Waals surface area (Å²) in [4.78, 5) is 17.0. The molecule has 1 aliphatic rings. The second-order valence-corrected chi connectivity index (χ2v) is 11.0. The Kier molecular flexibility index (Phi) is 7.54. The molecule has 0 radical (unpaired) electrons. The third-order valence-corrected chi connectivity index (χ3v) is 8.06. The number of aryl methyl sites for hydroxylation is 3. The number of anilines is 2. The van der Waals surface area contributed by atoms with Crippen LogP contribution in [0.1, 0.15) is 22.3 Å². The van der Waals surface area contributed by atoms with Gasteiger partial charge < -0.3 is 14.5 Å². The van der Waals surface area contributed by atoms with Crippen LogP contribution < -0.4 is 14.4 Å². The van der Waals surface area contributed by atoms with Crippen molar-refractivity contribution in [3.8, 4) is 5.75 Å². The Morgan fingerprint density at radius 2 is 1.58 bits per heavy atom. The van der Waals surface area contributed by atoms with Crippen LogP contribution in [-0.4, -0.2) is 52.0 Å². The molecular weight excluding hydrogens is 474 g/mol. The highest BCUT2D eigenvalue weighted by Gasteiger charge is 2.23. The van der Waals surface area contributed by atoms with Gasteiger partial charge in [-0.05, 0) is 86.3 Å². The molecule has 0 bridgehead atoms. The molecule has 0 aliphatic carbocycles. The molecule has 0 unspecified atom stereocenters. The zero-order chi connectivity index (χ0) is 25.9. The summed E-state index contributed by atoms with van der Waals surface area (Å²) in [5.41, 5.74) is 6.13. The van der Waals surface area contributed by atoms with E-state index < -0.39 is 10.0 Å². The van der Waals surface area contributed by atoms with Crippen LogP contribution in [0.25, 0.3) is 0 Å². The quantitative estimate of drug-likeness (QED) is 0.511. The fourth-order valence-corrected chi connectivity index (χ4v) is 5.40. The number of nitrogens with one attached hydrogen (secondary N) is 1. The van der Waals surface area contributed by atoms with Gasteiger partial charge in [-0.2, -0.15) is 0 Å². The first-order valence-electron chi connectivity index (χ1n) is 12.1. The second kappa shape index (κ2) is 10.6. The highest BCUT2D eigenvalue weighted by atomic mass is 32.2. The van der Waals surface area contributed by atoms with Gasteiger partial charge in [-0.3, -0.25) is 9.52 Å². The number of ether oxygens (including phenoxy) is 1. The van der Waals surface area contributed by atoms with Crippen LogP contribution in [0.3, 0.4) is 0 Å². The van der Waals surface area contributed by atoms with Crippen LogP contribution in [0.4, 0.5) is 11.4 Å². The van der Waals surface area contributed by atoms with Crippen LogP contribution in [0, 0.1) is 27.7 Å². The molecule has 1 amide bonds. The molecule has 0 spiro atoms. The number of hydrogen-bond donors (Lipinski definition) is 1. The maximum atomic E-state index is 12.8. The largest absolute Gasteiger partial charge is 0.484 e. The Balaban J connectivity index is 1.30. The number of sulfonamides is 1. The summed E-state index contributed by atoms with van der Waals surface area (Å²) in [6, 6.07) is 18.0. The number of carbonyl (C=O) groups excluding carboxylic acids is 1. The van der Waals surface area contributed by atoms with Crippen molar-refractivity contribution in [2.24, 2.45) is 0 Å². The molecule has 8 heteroatoms. The highest BCUT2D eigenvalue weighted by molar-refractivity contribution is 7.92. The Bertz CT molecular complexity index is 1350. The highest BCUT2D eigenvalue weighted by Crippen LogP contribution is 2.25. The maximum absolute atomic E-state index is 12.8. The number of piperazine rings is 1. The zero-order valence-electron chi connectivity index (χ0n) is 21.2. The van der Waals surface area contributed by atoms with E-state index >= 15 is 0 Å². The van der Waals surface area contributed by atoms with Crippen molar-refractivity contribution in [3.63, 3.8) is 0 Å². The number of amides is 1. The Morgan fingerprint density at radius 3 is 2.28 bits per heavy atom. The lowest BCUT2D eigenvalue weighted by molar-refractivity contribution is -0.133. The Hall–Kier alpha value is -3.52. The number of hydrogen-bond acceptors (Lipinski definition) is 5. The fraction of sp³-hybridized carbons (Fsp3) is 0.321. The van der Waals surface area contributed by atoms with Gasteiger partial charge in [-0.25, -0.2) is 8.42 Å². The third-order valence-electron chi connectivity index (χ3n) is 6.68. The maximum Gasteiger partial charge on any atom is 0.261 e. The van der Waals surface area contributed by atoms with Crippen molar-refractivity contribution in [2.75, 3.05) is 42.4 Å². The van der Waals surface area contributed by atoms with Gasteiger partial charge in [0.25, 0.3) is 15.9 Å². The first-order valence-corrected chi connectivity index (χ1v) is 13.5. The van der Waals surface area contributed by atoms with Crippen molar-refractivity contribution in [3.05, 3.63) is 82.9 Å². The van der Waals surface area contributed by atoms with Crippen LogP contribution in [0.2, 0.25) is 0 Å². The van der Waals surface area contributed by atoms with Gasteiger partial charge in [-0.1, -0.05) is 24.3 Å². The van der Waals surface area contributed by atoms with Gasteiger partial charge in [0.1, 0.15) is 5.75 Å². The SMILES string of the molecule is Cc1ccc(C)c(NS(=O)(=O)c2ccc(OCC(=O)N3CCN(c4cccc(C)c4C)CC3)cc2)c1. The molecule has 1 aliphatic heterocycles. The summed E-state index contributed by atoms with van der Waals surface area (Å²) in [7, 11) is -3.74. The Morgan fingerprint density at radius 1 is 0.889 bits per heavy atom. The van der Waals surface area contributed by atoms with Crippen molar-refractivity contribution in [2.45, 2.75) is 32.6 Å². The lowest BCUT2D eigenvalue weighted by Crippen LogP contribution is -2.50. The van der Waals surface area contributed by atoms with E-state index in [1.165, 1.54) is 28.9 Å². The van der Waals surface area contributed by atoms with E-state index in [1.807, 2.05) is 30.9 Å². The number of carbonyl (C=O) groups is 1. The monoisotopic (exact) mass is 507 g/mol. The van der Waals surface area contributed by atoms with E-state index in [-0.39, 0.29) is 17.4 Å². The molecule has 190 valence electrons. The molecule has 0 saturated carbocycles. The van der Waals surface area contributed by atoms with E-state index in [0.717, 1.165) is 24.2 Å². The molecular formula is C28H33N3O4S. The normalized spacial score (nSPS) is 14.0. The van der Waals surface area contributed by atoms with E-state index in [9.17, 15) is 13.2 Å². The van der Waals surface area contributed by atoms with E-state index in [4.69, 9.17) is 4.74 Å². The van der Waals surface area contributed by atoms with Crippen molar-refractivity contribution in [1.29, 1.82) is 0 Å². The summed E-state index contributed by atoms with van der Waals surface area (Å²) in [5.74, 6) is 0.368. The molecule has 3 aromatic rings. The van der Waals surface area contributed by atoms with Gasteiger partial charge in [-0.15, -0.1) is 0 Å². The smallest absolute Gasteiger partial charge is 0.261 e. The average molecular weight is 508 g/mol. The van der Waals surface area contributed by atoms with E-state index in [0.29, 0.717) is 24.5 Å². The average Bonchev–Trinajstić information content (AvgIpc) is 2.86. The third kappa shape index (κ3) is 5.82. The zero-order valence-corrected chi connectivity index (χ0v) is 22.1. The van der Waals surface area contributed by atoms with Crippen molar-refractivity contribution >= 4 is 27.3 Å². The molecule has 4 rings (SSSR count). The molecule has 36 heavy (non-hydrogen) atoms. The summed E-state index contributed by atoms with van der Waals surface area (Å²) >= 11 is 0. The molecule has 1 heterocycles.